The van der Waals surface area contributed by atoms with Gasteiger partial charge in [-0.25, -0.2) is 0 Å². The quantitative estimate of drug-likeness (QED) is 0.161. The second-order valence-electron chi connectivity index (χ2n) is 13.9. The van der Waals surface area contributed by atoms with E-state index in [1.165, 1.54) is 5.39 Å². The molecule has 0 aliphatic carbocycles. The van der Waals surface area contributed by atoms with E-state index in [2.05, 4.69) is 149 Å². The molecular weight excluding hydrogens is 681 g/mol. The van der Waals surface area contributed by atoms with Crippen LogP contribution >= 0.6 is 0 Å². The molecule has 0 N–H and O–H groups in total. The first-order valence-corrected chi connectivity index (χ1v) is 18.6. The lowest BCUT2D eigenvalue weighted by Gasteiger charge is -2.27. The molecule has 4 heteroatoms. The fourth-order valence-corrected chi connectivity index (χ4v) is 8.46. The average molecular weight is 713 g/mol. The van der Waals surface area contributed by atoms with Gasteiger partial charge in [-0.05, 0) is 105 Å². The predicted molar refractivity (Wildman–Crippen MR) is 231 cm³/mol. The summed E-state index contributed by atoms with van der Waals surface area (Å²) in [6, 6.07) is 71.9. The van der Waals surface area contributed by atoms with Crippen LogP contribution in [0.2, 0.25) is 0 Å². The molecule has 0 atom stereocenters. The van der Waals surface area contributed by atoms with Crippen molar-refractivity contribution in [2.75, 3.05) is 4.90 Å². The van der Waals surface area contributed by atoms with Gasteiger partial charge in [0.1, 0.15) is 0 Å². The highest BCUT2D eigenvalue weighted by atomic mass is 15.1. The lowest BCUT2D eigenvalue weighted by atomic mass is 9.83. The first-order valence-electron chi connectivity index (χ1n) is 18.6. The van der Waals surface area contributed by atoms with Gasteiger partial charge in [-0.3, -0.25) is 0 Å². The molecule has 0 bridgehead atoms. The summed E-state index contributed by atoms with van der Waals surface area (Å²) in [5.74, 6) is 0. The number of hydrogen-bond acceptors (Lipinski definition) is 3. The summed E-state index contributed by atoms with van der Waals surface area (Å²) in [5, 5.41) is 27.1. The third-order valence-electron chi connectivity index (χ3n) is 10.8. The normalized spacial score (nSPS) is 11.2. The minimum absolute atomic E-state index is 0.606. The van der Waals surface area contributed by atoms with Crippen molar-refractivity contribution < 1.29 is 0 Å². The Bertz CT molecular complexity index is 3220. The molecular formula is C52H32N4. The van der Waals surface area contributed by atoms with Crippen molar-refractivity contribution in [3.63, 3.8) is 0 Å². The highest BCUT2D eigenvalue weighted by Crippen LogP contribution is 2.48. The van der Waals surface area contributed by atoms with Gasteiger partial charge in [0, 0.05) is 44.6 Å². The Morgan fingerprint density at radius 1 is 0.357 bits per heavy atom. The Kier molecular flexibility index (Phi) is 7.88. The van der Waals surface area contributed by atoms with E-state index in [0.29, 0.717) is 11.1 Å². The molecule has 0 spiro atoms. The smallest absolute Gasteiger partial charge is 0.0998 e. The maximum absolute atomic E-state index is 10.4. The minimum atomic E-state index is 0.606. The lowest BCUT2D eigenvalue weighted by molar-refractivity contribution is 1.18. The summed E-state index contributed by atoms with van der Waals surface area (Å²) in [6.45, 7) is 0. The first-order chi connectivity index (χ1) is 27.7. The molecule has 1 aromatic heterocycles. The number of rotatable bonds is 6. The van der Waals surface area contributed by atoms with Crippen LogP contribution in [0.3, 0.4) is 0 Å². The molecule has 0 radical (unpaired) electrons. The van der Waals surface area contributed by atoms with Crippen molar-refractivity contribution in [3.05, 3.63) is 205 Å². The predicted octanol–water partition coefficient (Wildman–Crippen LogP) is 13.6. The van der Waals surface area contributed by atoms with Crippen LogP contribution in [0, 0.1) is 22.7 Å². The molecule has 56 heavy (non-hydrogen) atoms. The average Bonchev–Trinajstić information content (AvgIpc) is 3.60. The van der Waals surface area contributed by atoms with Crippen LogP contribution in [0.25, 0.3) is 71.3 Å². The lowest BCUT2D eigenvalue weighted by Crippen LogP contribution is -2.10. The van der Waals surface area contributed by atoms with Gasteiger partial charge in [0.25, 0.3) is 0 Å². The zero-order valence-corrected chi connectivity index (χ0v) is 30.3. The molecule has 4 nitrogen and oxygen atoms in total. The van der Waals surface area contributed by atoms with Crippen LogP contribution in [-0.2, 0) is 0 Å². The van der Waals surface area contributed by atoms with E-state index in [0.717, 1.165) is 83.0 Å². The Morgan fingerprint density at radius 2 is 0.821 bits per heavy atom. The van der Waals surface area contributed by atoms with Crippen LogP contribution in [0.4, 0.5) is 17.1 Å². The molecule has 0 amide bonds. The standard InChI is InChI=1S/C52H32N4/c53-33-35-15-7-9-21-41(35)51-44-24-11-12-25-45(44)52(42-22-10-8-16-36(42)34-54)48-32-39(27-29-46(48)51)55(37-17-3-1-4-18-37)40-28-30-50-47(31-40)43-23-13-14-26-49(43)56(50)38-19-5-2-6-20-38/h1-32H. The Balaban J connectivity index is 1.29. The number of nitrogens with zero attached hydrogens (tertiary/aromatic N) is 4. The highest BCUT2D eigenvalue weighted by Gasteiger charge is 2.23. The summed E-state index contributed by atoms with van der Waals surface area (Å²) in [6.07, 6.45) is 0. The molecule has 0 saturated heterocycles. The summed E-state index contributed by atoms with van der Waals surface area (Å²) in [4.78, 5) is 2.31. The van der Waals surface area contributed by atoms with Crippen LogP contribution in [0.15, 0.2) is 194 Å². The van der Waals surface area contributed by atoms with Crippen LogP contribution < -0.4 is 4.90 Å². The summed E-state index contributed by atoms with van der Waals surface area (Å²) in [7, 11) is 0. The van der Waals surface area contributed by atoms with E-state index in [4.69, 9.17) is 0 Å². The van der Waals surface area contributed by atoms with Gasteiger partial charge in [0.15, 0.2) is 0 Å². The molecule has 0 aliphatic rings. The summed E-state index contributed by atoms with van der Waals surface area (Å²) in [5.41, 5.74) is 11.4. The van der Waals surface area contributed by atoms with E-state index in [9.17, 15) is 10.5 Å². The molecule has 0 aliphatic heterocycles. The Hall–Kier alpha value is -7.92. The zero-order chi connectivity index (χ0) is 37.6. The largest absolute Gasteiger partial charge is 0.310 e. The number of anilines is 3. The highest BCUT2D eigenvalue weighted by molar-refractivity contribution is 6.23. The number of fused-ring (bicyclic) bond motifs is 5. The number of benzene rings is 9. The van der Waals surface area contributed by atoms with Gasteiger partial charge in [-0.1, -0.05) is 121 Å². The molecule has 1 heterocycles. The molecule has 0 saturated carbocycles. The topological polar surface area (TPSA) is 55.8 Å². The van der Waals surface area contributed by atoms with Gasteiger partial charge >= 0.3 is 0 Å². The Labute approximate surface area is 324 Å². The van der Waals surface area contributed by atoms with Crippen LogP contribution in [-0.4, -0.2) is 4.57 Å². The Morgan fingerprint density at radius 3 is 1.46 bits per heavy atom. The van der Waals surface area contributed by atoms with E-state index in [1.54, 1.807) is 0 Å². The number of hydrogen-bond donors (Lipinski definition) is 0. The maximum atomic E-state index is 10.4. The van der Waals surface area contributed by atoms with Gasteiger partial charge in [-0.2, -0.15) is 10.5 Å². The van der Waals surface area contributed by atoms with Crippen molar-refractivity contribution in [1.29, 1.82) is 10.5 Å². The van der Waals surface area contributed by atoms with E-state index < -0.39 is 0 Å². The third kappa shape index (κ3) is 5.21. The third-order valence-corrected chi connectivity index (χ3v) is 10.8. The summed E-state index contributed by atoms with van der Waals surface area (Å²) < 4.78 is 2.34. The van der Waals surface area contributed by atoms with Crippen molar-refractivity contribution in [3.8, 4) is 40.1 Å². The second kappa shape index (κ2) is 13.5. The van der Waals surface area contributed by atoms with Gasteiger partial charge in [-0.15, -0.1) is 0 Å². The maximum Gasteiger partial charge on any atom is 0.0998 e. The number of nitriles is 2. The van der Waals surface area contributed by atoms with Crippen molar-refractivity contribution in [2.45, 2.75) is 0 Å². The van der Waals surface area contributed by atoms with E-state index in [1.807, 2.05) is 66.7 Å². The van der Waals surface area contributed by atoms with Gasteiger partial charge in [0.05, 0.1) is 34.3 Å². The molecule has 260 valence electrons. The van der Waals surface area contributed by atoms with Crippen molar-refractivity contribution >= 4 is 60.4 Å². The van der Waals surface area contributed by atoms with Crippen LogP contribution in [0.5, 0.6) is 0 Å². The number of aromatic nitrogens is 1. The zero-order valence-electron chi connectivity index (χ0n) is 30.3. The molecule has 0 unspecified atom stereocenters. The second-order valence-corrected chi connectivity index (χ2v) is 13.9. The van der Waals surface area contributed by atoms with E-state index in [-0.39, 0.29) is 0 Å². The van der Waals surface area contributed by atoms with Crippen LogP contribution in [0.1, 0.15) is 11.1 Å². The van der Waals surface area contributed by atoms with Crippen molar-refractivity contribution in [1.82, 2.24) is 4.57 Å². The SMILES string of the molecule is N#Cc1ccccc1-c1c2ccccc2c(-c2ccccc2C#N)c2cc(N(c3ccccc3)c3ccc4c(c3)c3ccccc3n4-c3ccccc3)ccc12. The summed E-state index contributed by atoms with van der Waals surface area (Å²) >= 11 is 0. The first kappa shape index (κ1) is 32.7. The minimum Gasteiger partial charge on any atom is -0.310 e. The van der Waals surface area contributed by atoms with Crippen molar-refractivity contribution in [2.24, 2.45) is 0 Å². The van der Waals surface area contributed by atoms with E-state index >= 15 is 0 Å². The molecule has 10 rings (SSSR count). The monoisotopic (exact) mass is 712 g/mol. The van der Waals surface area contributed by atoms with Gasteiger partial charge in [0.2, 0.25) is 0 Å². The van der Waals surface area contributed by atoms with Gasteiger partial charge < -0.3 is 9.47 Å². The molecule has 0 fully saturated rings. The molecule has 10 aromatic rings. The number of para-hydroxylation sites is 3. The fraction of sp³-hybridized carbons (Fsp3) is 0. The molecule has 9 aromatic carbocycles. The fourth-order valence-electron chi connectivity index (χ4n) is 8.46.